The normalized spacial score (nSPS) is 31.6. The Morgan fingerprint density at radius 3 is 2.89 bits per heavy atom. The summed E-state index contributed by atoms with van der Waals surface area (Å²) < 4.78 is 0. The summed E-state index contributed by atoms with van der Waals surface area (Å²) in [7, 11) is 0. The number of fused-ring (bicyclic) bond motifs is 1. The Morgan fingerprint density at radius 1 is 1.33 bits per heavy atom. The summed E-state index contributed by atoms with van der Waals surface area (Å²) in [5, 5.41) is 9.87. The maximum Gasteiger partial charge on any atom is 0.158 e. The van der Waals surface area contributed by atoms with Crippen molar-refractivity contribution in [3.8, 4) is 0 Å². The first-order valence-corrected chi connectivity index (χ1v) is 6.44. The molecule has 0 bridgehead atoms. The van der Waals surface area contributed by atoms with Gasteiger partial charge in [-0.25, -0.2) is 10.8 Å². The lowest BCUT2D eigenvalue weighted by Gasteiger charge is -2.17. The third-order valence-corrected chi connectivity index (χ3v) is 4.13. The van der Waals surface area contributed by atoms with Crippen LogP contribution in [0.5, 0.6) is 0 Å². The smallest absolute Gasteiger partial charge is 0.158 e. The Bertz CT molecular complexity index is 409. The van der Waals surface area contributed by atoms with Crippen molar-refractivity contribution in [2.24, 2.45) is 17.7 Å². The molecule has 3 unspecified atom stereocenters. The number of nitrogens with one attached hydrogen (secondary N) is 1. The fraction of sp³-hybridized carbons (Fsp3) is 0.667. The number of aliphatic hydroxyl groups is 1. The van der Waals surface area contributed by atoms with Crippen molar-refractivity contribution in [1.82, 2.24) is 14.9 Å². The first-order chi connectivity index (χ1) is 8.76. The van der Waals surface area contributed by atoms with E-state index in [4.69, 9.17) is 5.84 Å². The highest BCUT2D eigenvalue weighted by molar-refractivity contribution is 5.28. The predicted octanol–water partition coefficient (Wildman–Crippen LogP) is -0.0351. The SMILES string of the molecule is NNc1cnc(CN2CC3CCC(O)C3C2)cn1. The van der Waals surface area contributed by atoms with E-state index in [-0.39, 0.29) is 6.10 Å². The topological polar surface area (TPSA) is 87.3 Å². The molecule has 1 aliphatic heterocycles. The number of likely N-dealkylation sites (tertiary alicyclic amines) is 1. The molecule has 6 heteroatoms. The molecule has 6 nitrogen and oxygen atoms in total. The number of hydrogen-bond donors (Lipinski definition) is 3. The molecule has 1 saturated carbocycles. The average Bonchev–Trinajstić information content (AvgIpc) is 2.93. The van der Waals surface area contributed by atoms with E-state index in [1.165, 1.54) is 0 Å². The van der Waals surface area contributed by atoms with Crippen molar-refractivity contribution in [3.05, 3.63) is 18.1 Å². The second-order valence-electron chi connectivity index (χ2n) is 5.30. The molecule has 2 aliphatic rings. The van der Waals surface area contributed by atoms with Crippen molar-refractivity contribution in [2.75, 3.05) is 18.5 Å². The van der Waals surface area contributed by atoms with Crippen LogP contribution in [0.2, 0.25) is 0 Å². The summed E-state index contributed by atoms with van der Waals surface area (Å²) in [6, 6.07) is 0. The second kappa shape index (κ2) is 4.79. The summed E-state index contributed by atoms with van der Waals surface area (Å²) >= 11 is 0. The van der Waals surface area contributed by atoms with Crippen LogP contribution < -0.4 is 11.3 Å². The van der Waals surface area contributed by atoms with E-state index in [0.717, 1.165) is 38.2 Å². The first kappa shape index (κ1) is 11.8. The van der Waals surface area contributed by atoms with Crippen molar-refractivity contribution in [2.45, 2.75) is 25.5 Å². The largest absolute Gasteiger partial charge is 0.393 e. The molecule has 1 saturated heterocycles. The summed E-state index contributed by atoms with van der Waals surface area (Å²) in [4.78, 5) is 10.8. The van der Waals surface area contributed by atoms with E-state index >= 15 is 0 Å². The van der Waals surface area contributed by atoms with Crippen LogP contribution in [0.1, 0.15) is 18.5 Å². The molecule has 1 aromatic rings. The third-order valence-electron chi connectivity index (χ3n) is 4.13. The summed E-state index contributed by atoms with van der Waals surface area (Å²) in [6.45, 7) is 2.85. The zero-order valence-corrected chi connectivity index (χ0v) is 10.3. The number of aromatic nitrogens is 2. The molecule has 0 spiro atoms. The highest BCUT2D eigenvalue weighted by Gasteiger charge is 2.41. The van der Waals surface area contributed by atoms with E-state index in [2.05, 4.69) is 20.3 Å². The van der Waals surface area contributed by atoms with Gasteiger partial charge in [-0.15, -0.1) is 0 Å². The number of rotatable bonds is 3. The van der Waals surface area contributed by atoms with E-state index in [1.54, 1.807) is 12.4 Å². The van der Waals surface area contributed by atoms with E-state index in [1.807, 2.05) is 0 Å². The number of anilines is 1. The number of hydrazine groups is 1. The zero-order chi connectivity index (χ0) is 12.5. The molecule has 0 radical (unpaired) electrons. The number of nitrogens with two attached hydrogens (primary N) is 1. The zero-order valence-electron chi connectivity index (χ0n) is 10.3. The van der Waals surface area contributed by atoms with E-state index in [9.17, 15) is 5.11 Å². The van der Waals surface area contributed by atoms with Crippen molar-refractivity contribution >= 4 is 5.82 Å². The standard InChI is InChI=1S/C12H19N5O/c13-16-12-4-14-9(3-15-12)6-17-5-8-1-2-11(18)10(8)7-17/h3-4,8,10-11,18H,1-2,5-7,13H2,(H,15,16). The lowest BCUT2D eigenvalue weighted by Crippen LogP contribution is -2.25. The third kappa shape index (κ3) is 2.19. The van der Waals surface area contributed by atoms with E-state index in [0.29, 0.717) is 17.7 Å². The van der Waals surface area contributed by atoms with Crippen LogP contribution in [0.4, 0.5) is 5.82 Å². The lowest BCUT2D eigenvalue weighted by molar-refractivity contribution is 0.123. The van der Waals surface area contributed by atoms with Crippen molar-refractivity contribution in [1.29, 1.82) is 0 Å². The molecular weight excluding hydrogens is 230 g/mol. The Kier molecular flexibility index (Phi) is 3.15. The molecule has 3 atom stereocenters. The van der Waals surface area contributed by atoms with Gasteiger partial charge in [0, 0.05) is 25.6 Å². The molecule has 0 aromatic carbocycles. The van der Waals surface area contributed by atoms with Gasteiger partial charge in [-0.3, -0.25) is 9.88 Å². The first-order valence-electron chi connectivity index (χ1n) is 6.44. The maximum absolute atomic E-state index is 9.87. The summed E-state index contributed by atoms with van der Waals surface area (Å²) in [6.07, 6.45) is 5.42. The molecule has 98 valence electrons. The van der Waals surface area contributed by atoms with Gasteiger partial charge < -0.3 is 10.5 Å². The highest BCUT2D eigenvalue weighted by Crippen LogP contribution is 2.38. The van der Waals surface area contributed by atoms with Crippen LogP contribution in [0.3, 0.4) is 0 Å². The molecule has 4 N–H and O–H groups in total. The van der Waals surface area contributed by atoms with Crippen LogP contribution in [-0.2, 0) is 6.54 Å². The quantitative estimate of drug-likeness (QED) is 0.515. The molecule has 1 aromatic heterocycles. The summed E-state index contributed by atoms with van der Waals surface area (Å²) in [5.74, 6) is 6.95. The van der Waals surface area contributed by atoms with Gasteiger partial charge in [-0.1, -0.05) is 0 Å². The minimum atomic E-state index is -0.102. The van der Waals surface area contributed by atoms with Crippen LogP contribution >= 0.6 is 0 Å². The molecule has 2 fully saturated rings. The van der Waals surface area contributed by atoms with Crippen LogP contribution in [0.25, 0.3) is 0 Å². The Hall–Kier alpha value is -1.24. The van der Waals surface area contributed by atoms with Gasteiger partial charge >= 0.3 is 0 Å². The molecule has 18 heavy (non-hydrogen) atoms. The van der Waals surface area contributed by atoms with Gasteiger partial charge in [-0.2, -0.15) is 0 Å². The Morgan fingerprint density at radius 2 is 2.22 bits per heavy atom. The van der Waals surface area contributed by atoms with Crippen LogP contribution in [0.15, 0.2) is 12.4 Å². The number of nitrogens with zero attached hydrogens (tertiary/aromatic N) is 3. The molecule has 1 aliphatic carbocycles. The minimum Gasteiger partial charge on any atom is -0.393 e. The van der Waals surface area contributed by atoms with Crippen LogP contribution in [0, 0.1) is 11.8 Å². The Balaban J connectivity index is 1.60. The molecule has 2 heterocycles. The fourth-order valence-electron chi connectivity index (χ4n) is 3.20. The van der Waals surface area contributed by atoms with Gasteiger partial charge in [0.1, 0.15) is 0 Å². The monoisotopic (exact) mass is 249 g/mol. The highest BCUT2D eigenvalue weighted by atomic mass is 16.3. The molecule has 3 rings (SSSR count). The number of aliphatic hydroxyl groups excluding tert-OH is 1. The summed E-state index contributed by atoms with van der Waals surface area (Å²) in [5.41, 5.74) is 3.41. The van der Waals surface area contributed by atoms with Gasteiger partial charge in [0.05, 0.1) is 24.2 Å². The Labute approximate surface area is 106 Å². The van der Waals surface area contributed by atoms with Gasteiger partial charge in [0.2, 0.25) is 0 Å². The fourth-order valence-corrected chi connectivity index (χ4v) is 3.20. The lowest BCUT2D eigenvalue weighted by atomic mass is 10.00. The molecular formula is C12H19N5O. The second-order valence-corrected chi connectivity index (χ2v) is 5.30. The van der Waals surface area contributed by atoms with Crippen molar-refractivity contribution in [3.63, 3.8) is 0 Å². The van der Waals surface area contributed by atoms with Gasteiger partial charge in [0.15, 0.2) is 5.82 Å². The van der Waals surface area contributed by atoms with Crippen molar-refractivity contribution < 1.29 is 5.11 Å². The predicted molar refractivity (Wildman–Crippen MR) is 67.3 cm³/mol. The average molecular weight is 249 g/mol. The van der Waals surface area contributed by atoms with Crippen LogP contribution in [-0.4, -0.2) is 39.2 Å². The molecule has 0 amide bonds. The number of hydrogen-bond acceptors (Lipinski definition) is 6. The van der Waals surface area contributed by atoms with E-state index < -0.39 is 0 Å². The van der Waals surface area contributed by atoms with Gasteiger partial charge in [0.25, 0.3) is 0 Å². The number of nitrogen functional groups attached to an aromatic ring is 1. The van der Waals surface area contributed by atoms with Gasteiger partial charge in [-0.05, 0) is 18.8 Å². The maximum atomic E-state index is 9.87. The minimum absolute atomic E-state index is 0.102.